The maximum absolute atomic E-state index is 14.1. The molecule has 4 nitrogen and oxygen atoms in total. The molecule has 4 aliphatic carbocycles. The molecular formula is C36H54O4S. The van der Waals surface area contributed by atoms with Crippen LogP contribution in [0.15, 0.2) is 40.8 Å². The number of aryl methyl sites for hydroxylation is 1. The molecule has 0 heterocycles. The normalized spacial score (nSPS) is 35.7. The van der Waals surface area contributed by atoms with E-state index in [2.05, 4.69) is 33.8 Å². The van der Waals surface area contributed by atoms with Crippen LogP contribution >= 0.6 is 0 Å². The van der Waals surface area contributed by atoms with Crippen molar-refractivity contribution in [2.45, 2.75) is 123 Å². The molecule has 0 aromatic heterocycles. The van der Waals surface area contributed by atoms with Crippen LogP contribution in [0.5, 0.6) is 0 Å². The van der Waals surface area contributed by atoms with E-state index in [1.54, 1.807) is 12.1 Å². The fraction of sp³-hybridized carbons (Fsp3) is 0.750. The van der Waals surface area contributed by atoms with Crippen molar-refractivity contribution in [1.82, 2.24) is 0 Å². The molecule has 4 aliphatic rings. The molecule has 228 valence electrons. The van der Waals surface area contributed by atoms with E-state index in [9.17, 15) is 13.2 Å². The predicted molar refractivity (Wildman–Crippen MR) is 166 cm³/mol. The van der Waals surface area contributed by atoms with Crippen molar-refractivity contribution in [1.29, 1.82) is 0 Å². The van der Waals surface area contributed by atoms with Gasteiger partial charge in [0, 0.05) is 18.8 Å². The number of hydrogen-bond acceptors (Lipinski definition) is 4. The van der Waals surface area contributed by atoms with Crippen LogP contribution in [-0.4, -0.2) is 26.2 Å². The first-order valence-corrected chi connectivity index (χ1v) is 18.2. The lowest BCUT2D eigenvalue weighted by Gasteiger charge is -2.59. The van der Waals surface area contributed by atoms with E-state index < -0.39 is 9.84 Å². The second-order valence-corrected chi connectivity index (χ2v) is 17.1. The van der Waals surface area contributed by atoms with Gasteiger partial charge in [-0.2, -0.15) is 0 Å². The molecule has 0 saturated heterocycles. The van der Waals surface area contributed by atoms with E-state index in [1.165, 1.54) is 51.0 Å². The summed E-state index contributed by atoms with van der Waals surface area (Å²) in [5.41, 5.74) is 2.33. The Kier molecular flexibility index (Phi) is 8.88. The summed E-state index contributed by atoms with van der Waals surface area (Å²) in [6.45, 7) is 13.2. The van der Waals surface area contributed by atoms with Gasteiger partial charge in [-0.3, -0.25) is 4.79 Å². The standard InChI is InChI=1S/C36H54O4S/c1-24(2)8-7-9-26(4)32-16-17-33-31-15-12-28-22-29(40-27(5)37)18-21-36(28,34(31)19-20-35(32,33)6)23-41(38,39)30-13-10-25(3)11-14-30/h10-14,24,26,29,31-34H,7-9,15-23H2,1-6H3/t26-,29?,31?,32-,33?,34?,35-,36-/m1/s1. The van der Waals surface area contributed by atoms with Crippen LogP contribution in [0, 0.1) is 53.3 Å². The Bertz CT molecular complexity index is 1230. The molecule has 3 saturated carbocycles. The Morgan fingerprint density at radius 3 is 2.41 bits per heavy atom. The molecule has 4 unspecified atom stereocenters. The summed E-state index contributed by atoms with van der Waals surface area (Å²) in [6, 6.07) is 7.40. The molecule has 0 bridgehead atoms. The number of sulfone groups is 1. The van der Waals surface area contributed by atoms with Gasteiger partial charge in [0.1, 0.15) is 6.10 Å². The highest BCUT2D eigenvalue weighted by molar-refractivity contribution is 7.91. The monoisotopic (exact) mass is 582 g/mol. The van der Waals surface area contributed by atoms with Crippen LogP contribution in [0.25, 0.3) is 0 Å². The molecule has 8 atom stereocenters. The molecule has 3 fully saturated rings. The molecule has 0 N–H and O–H groups in total. The summed E-state index contributed by atoms with van der Waals surface area (Å²) in [7, 11) is -3.47. The lowest BCUT2D eigenvalue weighted by Crippen LogP contribution is -2.54. The Hall–Kier alpha value is -1.62. The second-order valence-electron chi connectivity index (χ2n) is 15.1. The third-order valence-corrected chi connectivity index (χ3v) is 14.0. The zero-order chi connectivity index (χ0) is 29.6. The fourth-order valence-electron chi connectivity index (χ4n) is 10.2. The van der Waals surface area contributed by atoms with Crippen molar-refractivity contribution in [3.8, 4) is 0 Å². The minimum absolute atomic E-state index is 0.137. The highest BCUT2D eigenvalue weighted by Gasteiger charge is 2.61. The van der Waals surface area contributed by atoms with Gasteiger partial charge < -0.3 is 4.74 Å². The number of rotatable bonds is 9. The third kappa shape index (κ3) is 5.95. The van der Waals surface area contributed by atoms with Gasteiger partial charge >= 0.3 is 5.97 Å². The first-order chi connectivity index (χ1) is 19.4. The summed E-state index contributed by atoms with van der Waals surface area (Å²) >= 11 is 0. The molecule has 1 aromatic carbocycles. The largest absolute Gasteiger partial charge is 0.462 e. The van der Waals surface area contributed by atoms with E-state index in [0.717, 1.165) is 49.0 Å². The quantitative estimate of drug-likeness (QED) is 0.216. The topological polar surface area (TPSA) is 60.4 Å². The van der Waals surface area contributed by atoms with Crippen molar-refractivity contribution in [2.75, 3.05) is 5.75 Å². The number of carbonyl (C=O) groups is 1. The maximum Gasteiger partial charge on any atom is 0.302 e. The molecule has 5 rings (SSSR count). The van der Waals surface area contributed by atoms with Gasteiger partial charge in [-0.05, 0) is 105 Å². The van der Waals surface area contributed by atoms with Crippen molar-refractivity contribution in [2.24, 2.45) is 46.3 Å². The number of hydrogen-bond donors (Lipinski definition) is 0. The van der Waals surface area contributed by atoms with Gasteiger partial charge in [0.05, 0.1) is 10.6 Å². The van der Waals surface area contributed by atoms with E-state index in [-0.39, 0.29) is 23.2 Å². The molecule has 0 aliphatic heterocycles. The highest BCUT2D eigenvalue weighted by Crippen LogP contribution is 2.67. The Labute approximate surface area is 250 Å². The van der Waals surface area contributed by atoms with Crippen LogP contribution in [0.3, 0.4) is 0 Å². The van der Waals surface area contributed by atoms with Gasteiger partial charge in [0.2, 0.25) is 0 Å². The smallest absolute Gasteiger partial charge is 0.302 e. The zero-order valence-electron chi connectivity index (χ0n) is 26.5. The zero-order valence-corrected chi connectivity index (χ0v) is 27.3. The molecule has 5 heteroatoms. The summed E-state index contributed by atoms with van der Waals surface area (Å²) in [5, 5.41) is 0. The van der Waals surface area contributed by atoms with Gasteiger partial charge in [-0.1, -0.05) is 76.3 Å². The van der Waals surface area contributed by atoms with E-state index in [0.29, 0.717) is 34.5 Å². The first-order valence-electron chi connectivity index (χ1n) is 16.5. The van der Waals surface area contributed by atoms with Gasteiger partial charge in [0.25, 0.3) is 0 Å². The molecular weight excluding hydrogens is 528 g/mol. The number of esters is 1. The highest BCUT2D eigenvalue weighted by atomic mass is 32.2. The van der Waals surface area contributed by atoms with Crippen molar-refractivity contribution in [3.63, 3.8) is 0 Å². The predicted octanol–water partition coefficient (Wildman–Crippen LogP) is 8.72. The van der Waals surface area contributed by atoms with Crippen molar-refractivity contribution >= 4 is 15.8 Å². The second kappa shape index (κ2) is 11.8. The Morgan fingerprint density at radius 1 is 1.00 bits per heavy atom. The molecule has 41 heavy (non-hydrogen) atoms. The minimum Gasteiger partial charge on any atom is -0.462 e. The van der Waals surface area contributed by atoms with Crippen LogP contribution in [0.1, 0.15) is 111 Å². The Balaban J connectivity index is 1.44. The minimum atomic E-state index is -3.47. The first kappa shape index (κ1) is 30.8. The number of allylic oxidation sites excluding steroid dienone is 1. The van der Waals surface area contributed by atoms with Crippen LogP contribution in [0.2, 0.25) is 0 Å². The van der Waals surface area contributed by atoms with E-state index in [1.807, 2.05) is 19.1 Å². The van der Waals surface area contributed by atoms with E-state index >= 15 is 0 Å². The lowest BCUT2D eigenvalue weighted by molar-refractivity contribution is -0.148. The van der Waals surface area contributed by atoms with Crippen LogP contribution in [-0.2, 0) is 19.4 Å². The number of benzene rings is 1. The Morgan fingerprint density at radius 2 is 1.73 bits per heavy atom. The average Bonchev–Trinajstić information content (AvgIpc) is 3.25. The van der Waals surface area contributed by atoms with Gasteiger partial charge in [-0.25, -0.2) is 8.42 Å². The molecule has 0 amide bonds. The average molecular weight is 583 g/mol. The van der Waals surface area contributed by atoms with Crippen molar-refractivity contribution in [3.05, 3.63) is 41.5 Å². The van der Waals surface area contributed by atoms with E-state index in [4.69, 9.17) is 4.74 Å². The SMILES string of the molecule is CC(=O)OC1CC[C@@]2(CS(=O)(=O)c3ccc(C)cc3)C(=CCC3C2CC[C@@]2(C)C3CC[C@@H]2[C@H](C)CCCC(C)C)C1. The summed E-state index contributed by atoms with van der Waals surface area (Å²) in [5.74, 6) is 3.84. The lowest BCUT2D eigenvalue weighted by atomic mass is 9.47. The molecule has 0 spiro atoms. The summed E-state index contributed by atoms with van der Waals surface area (Å²) in [4.78, 5) is 12.3. The molecule has 0 radical (unpaired) electrons. The maximum atomic E-state index is 14.1. The third-order valence-electron chi connectivity index (χ3n) is 12.1. The van der Waals surface area contributed by atoms with Gasteiger partial charge in [-0.15, -0.1) is 0 Å². The molecule has 1 aromatic rings. The number of fused-ring (bicyclic) bond motifs is 5. The fourth-order valence-corrected chi connectivity index (χ4v) is 12.2. The summed E-state index contributed by atoms with van der Waals surface area (Å²) in [6.07, 6.45) is 14.5. The number of ether oxygens (including phenoxy) is 1. The van der Waals surface area contributed by atoms with Crippen LogP contribution < -0.4 is 0 Å². The van der Waals surface area contributed by atoms with Crippen LogP contribution in [0.4, 0.5) is 0 Å². The summed E-state index contributed by atoms with van der Waals surface area (Å²) < 4.78 is 33.8. The number of carbonyl (C=O) groups excluding carboxylic acids is 1. The van der Waals surface area contributed by atoms with Crippen molar-refractivity contribution < 1.29 is 17.9 Å². The van der Waals surface area contributed by atoms with Gasteiger partial charge in [0.15, 0.2) is 9.84 Å².